The largest absolute Gasteiger partial charge is 0.451 e. The minimum atomic E-state index is -1.78. The Kier molecular flexibility index (Phi) is 5.82. The molecule has 0 unspecified atom stereocenters. The van der Waals surface area contributed by atoms with Crippen molar-refractivity contribution >= 4 is 22.8 Å². The fourth-order valence-electron chi connectivity index (χ4n) is 4.15. The van der Waals surface area contributed by atoms with Crippen molar-refractivity contribution in [3.05, 3.63) is 59.7 Å². The third-order valence-corrected chi connectivity index (χ3v) is 5.90. The molecule has 0 aliphatic carbocycles. The molecule has 2 aromatic heterocycles. The van der Waals surface area contributed by atoms with Crippen LogP contribution in [0.2, 0.25) is 0 Å². The first kappa shape index (κ1) is 23.9. The summed E-state index contributed by atoms with van der Waals surface area (Å²) in [5.74, 6) is -10.4. The van der Waals surface area contributed by atoms with Gasteiger partial charge in [-0.25, -0.2) is 27.8 Å². The molecular weight excluding hydrogens is 501 g/mol. The first-order valence-electron chi connectivity index (χ1n) is 10.7. The van der Waals surface area contributed by atoms with Crippen molar-refractivity contribution in [1.82, 2.24) is 24.6 Å². The van der Waals surface area contributed by atoms with Gasteiger partial charge in [-0.2, -0.15) is 19.1 Å². The van der Waals surface area contributed by atoms with Gasteiger partial charge in [-0.05, 0) is 18.6 Å². The highest BCUT2D eigenvalue weighted by Gasteiger charge is 2.31. The number of nitrogen functional groups attached to an aromatic ring is 1. The molecule has 1 saturated heterocycles. The predicted molar refractivity (Wildman–Crippen MR) is 117 cm³/mol. The predicted octanol–water partition coefficient (Wildman–Crippen LogP) is 3.86. The van der Waals surface area contributed by atoms with Gasteiger partial charge in [-0.15, -0.1) is 0 Å². The number of nitrogens with zero attached hydrogens (tertiary/aromatic N) is 6. The third-order valence-electron chi connectivity index (χ3n) is 5.90. The Hall–Kier alpha value is -4.80. The summed E-state index contributed by atoms with van der Waals surface area (Å²) in [4.78, 5) is 21.2. The molecule has 37 heavy (non-hydrogen) atoms. The minimum absolute atomic E-state index is 0.00620. The lowest BCUT2D eigenvalue weighted by atomic mass is 10.1. The second-order valence-electron chi connectivity index (χ2n) is 8.10. The average molecular weight is 515 g/mol. The molecule has 1 amide bonds. The number of carbonyl (C=O) groups excluding carboxylic acids is 1. The monoisotopic (exact) mass is 515 g/mol. The van der Waals surface area contributed by atoms with Crippen molar-refractivity contribution in [3.8, 4) is 28.8 Å². The zero-order valence-corrected chi connectivity index (χ0v) is 18.6. The second-order valence-corrected chi connectivity index (χ2v) is 8.10. The van der Waals surface area contributed by atoms with Crippen molar-refractivity contribution in [1.29, 1.82) is 5.26 Å². The Morgan fingerprint density at radius 3 is 2.49 bits per heavy atom. The molecule has 1 fully saturated rings. The number of amides is 1. The van der Waals surface area contributed by atoms with Crippen molar-refractivity contribution in [2.75, 3.05) is 18.8 Å². The van der Waals surface area contributed by atoms with Gasteiger partial charge in [0.2, 0.25) is 17.4 Å². The van der Waals surface area contributed by atoms with Crippen LogP contribution in [0.15, 0.2) is 30.6 Å². The highest BCUT2D eigenvalue weighted by atomic mass is 19.2. The van der Waals surface area contributed by atoms with Crippen LogP contribution in [0.3, 0.4) is 0 Å². The van der Waals surface area contributed by atoms with Gasteiger partial charge in [0.1, 0.15) is 29.4 Å². The Labute approximate surface area is 204 Å². The summed E-state index contributed by atoms with van der Waals surface area (Å²) in [6, 6.07) is 4.25. The van der Waals surface area contributed by atoms with E-state index in [-0.39, 0.29) is 46.8 Å². The van der Waals surface area contributed by atoms with Crippen molar-refractivity contribution in [2.24, 2.45) is 0 Å². The van der Waals surface area contributed by atoms with E-state index in [1.54, 1.807) is 6.07 Å². The minimum Gasteiger partial charge on any atom is -0.451 e. The van der Waals surface area contributed by atoms with E-state index >= 15 is 4.39 Å². The first-order valence-corrected chi connectivity index (χ1v) is 10.7. The molecule has 2 aromatic carbocycles. The van der Waals surface area contributed by atoms with Crippen LogP contribution in [0.4, 0.5) is 27.8 Å². The maximum Gasteiger partial charge on any atom is 0.325 e. The first-order chi connectivity index (χ1) is 17.7. The number of halogens is 5. The summed E-state index contributed by atoms with van der Waals surface area (Å²) < 4.78 is 76.5. The van der Waals surface area contributed by atoms with E-state index in [1.807, 2.05) is 0 Å². The Morgan fingerprint density at radius 2 is 1.81 bits per heavy atom. The zero-order valence-electron chi connectivity index (χ0n) is 18.6. The number of benzene rings is 2. The number of nitriles is 1. The SMILES string of the molecule is N#CC(=O)N1CC[C@@H](n2nc(-c3ccc(Oc4c(F)c(F)cc(F)c4F)cc3F)c3c(N)ncnc32)C1. The van der Waals surface area contributed by atoms with Crippen LogP contribution in [0.5, 0.6) is 11.5 Å². The third kappa shape index (κ3) is 4.03. The zero-order chi connectivity index (χ0) is 26.4. The van der Waals surface area contributed by atoms with Gasteiger partial charge < -0.3 is 15.4 Å². The molecule has 2 N–H and O–H groups in total. The van der Waals surface area contributed by atoms with Gasteiger partial charge >= 0.3 is 5.91 Å². The lowest BCUT2D eigenvalue weighted by Gasteiger charge is -2.13. The lowest BCUT2D eigenvalue weighted by molar-refractivity contribution is -0.124. The molecular formula is C23H14F5N7O2. The molecule has 3 heterocycles. The highest BCUT2D eigenvalue weighted by Crippen LogP contribution is 2.37. The molecule has 1 atom stereocenters. The Balaban J connectivity index is 1.54. The van der Waals surface area contributed by atoms with Crippen molar-refractivity contribution < 1.29 is 31.5 Å². The molecule has 5 rings (SSSR count). The summed E-state index contributed by atoms with van der Waals surface area (Å²) in [5.41, 5.74) is 6.23. The summed E-state index contributed by atoms with van der Waals surface area (Å²) >= 11 is 0. The van der Waals surface area contributed by atoms with Crippen LogP contribution in [-0.4, -0.2) is 43.6 Å². The number of hydrogen-bond acceptors (Lipinski definition) is 7. The molecule has 0 spiro atoms. The van der Waals surface area contributed by atoms with Gasteiger partial charge in [-0.3, -0.25) is 4.79 Å². The van der Waals surface area contributed by atoms with Crippen molar-refractivity contribution in [2.45, 2.75) is 12.5 Å². The van der Waals surface area contributed by atoms with Gasteiger partial charge in [0.05, 0.1) is 11.4 Å². The van der Waals surface area contributed by atoms with Crippen molar-refractivity contribution in [3.63, 3.8) is 0 Å². The van der Waals surface area contributed by atoms with E-state index in [1.165, 1.54) is 22.0 Å². The summed E-state index contributed by atoms with van der Waals surface area (Å²) in [6.07, 6.45) is 1.64. The molecule has 1 aliphatic rings. The van der Waals surface area contributed by atoms with Gasteiger partial charge in [0.15, 0.2) is 23.4 Å². The topological polar surface area (TPSA) is 123 Å². The van der Waals surface area contributed by atoms with Crippen LogP contribution in [0.1, 0.15) is 12.5 Å². The molecule has 4 aromatic rings. The molecule has 1 aliphatic heterocycles. The number of nitrogens with two attached hydrogens (primary N) is 1. The number of likely N-dealkylation sites (tertiary alicyclic amines) is 1. The maximum absolute atomic E-state index is 15.2. The fraction of sp³-hybridized carbons (Fsp3) is 0.174. The number of hydrogen-bond donors (Lipinski definition) is 1. The van der Waals surface area contributed by atoms with E-state index in [4.69, 9.17) is 15.7 Å². The van der Waals surface area contributed by atoms with E-state index < -0.39 is 46.5 Å². The lowest BCUT2D eigenvalue weighted by Crippen LogP contribution is -2.27. The Morgan fingerprint density at radius 1 is 1.08 bits per heavy atom. The van der Waals surface area contributed by atoms with E-state index in [0.717, 1.165) is 12.1 Å². The number of rotatable bonds is 4. The molecule has 0 bridgehead atoms. The number of aromatic nitrogens is 4. The van der Waals surface area contributed by atoms with E-state index in [9.17, 15) is 22.4 Å². The smallest absolute Gasteiger partial charge is 0.325 e. The highest BCUT2D eigenvalue weighted by molar-refractivity contribution is 5.98. The van der Waals surface area contributed by atoms with Gasteiger partial charge in [0.25, 0.3) is 0 Å². The summed E-state index contributed by atoms with van der Waals surface area (Å²) in [7, 11) is 0. The molecule has 0 saturated carbocycles. The van der Waals surface area contributed by atoms with Gasteiger partial charge in [-0.1, -0.05) is 0 Å². The number of fused-ring (bicyclic) bond motifs is 1. The number of anilines is 1. The van der Waals surface area contributed by atoms with Crippen LogP contribution in [0.25, 0.3) is 22.3 Å². The van der Waals surface area contributed by atoms with E-state index in [2.05, 4.69) is 15.1 Å². The number of carbonyl (C=O) groups is 1. The molecule has 9 nitrogen and oxygen atoms in total. The van der Waals surface area contributed by atoms with Crippen LogP contribution in [0, 0.1) is 40.4 Å². The molecule has 0 radical (unpaired) electrons. The summed E-state index contributed by atoms with van der Waals surface area (Å²) in [6.45, 7) is 0.478. The molecule has 188 valence electrons. The average Bonchev–Trinajstić information content (AvgIpc) is 3.51. The maximum atomic E-state index is 15.2. The Bertz CT molecular complexity index is 1590. The number of ether oxygens (including phenoxy) is 1. The van der Waals surface area contributed by atoms with Gasteiger partial charge in [0, 0.05) is 30.8 Å². The standard InChI is InChI=1S/C23H14F5N7O2/c24-13-5-11(37-21-18(27)14(25)6-15(26)19(21)28)1-2-12(13)20-17-22(30)31-9-32-23(17)35(33-20)10-3-4-34(8-10)16(36)7-29/h1-2,5-6,9-10H,3-4,8H2,(H2,30,31,32)/t10-/m1/s1. The molecule has 14 heteroatoms. The normalized spacial score (nSPS) is 15.2. The summed E-state index contributed by atoms with van der Waals surface area (Å²) in [5, 5.41) is 13.6. The van der Waals surface area contributed by atoms with Crippen LogP contribution in [-0.2, 0) is 4.79 Å². The van der Waals surface area contributed by atoms with Crippen LogP contribution >= 0.6 is 0 Å². The quantitative estimate of drug-likeness (QED) is 0.249. The van der Waals surface area contributed by atoms with E-state index in [0.29, 0.717) is 13.0 Å². The second kappa shape index (κ2) is 9.01. The fourth-order valence-corrected chi connectivity index (χ4v) is 4.15. The van der Waals surface area contributed by atoms with Crippen LogP contribution < -0.4 is 10.5 Å².